The fourth-order valence-electron chi connectivity index (χ4n) is 2.83. The van der Waals surface area contributed by atoms with E-state index in [0.29, 0.717) is 17.2 Å². The summed E-state index contributed by atoms with van der Waals surface area (Å²) in [6.07, 6.45) is -0.725. The van der Waals surface area contributed by atoms with Crippen molar-refractivity contribution in [3.63, 3.8) is 0 Å². The highest BCUT2D eigenvalue weighted by molar-refractivity contribution is 5.96. The van der Waals surface area contributed by atoms with Crippen molar-refractivity contribution in [1.82, 2.24) is 15.1 Å². The molecule has 0 aliphatic rings. The Morgan fingerprint density at radius 2 is 1.79 bits per heavy atom. The zero-order valence-corrected chi connectivity index (χ0v) is 15.1. The van der Waals surface area contributed by atoms with Gasteiger partial charge in [0.1, 0.15) is 0 Å². The molecule has 1 aromatic carbocycles. The zero-order valence-electron chi connectivity index (χ0n) is 15.1. The number of nitrogens with one attached hydrogen (secondary N) is 1. The number of aromatic nitrogens is 2. The molecule has 1 atom stereocenters. The molecule has 0 fully saturated rings. The van der Waals surface area contributed by atoms with Crippen molar-refractivity contribution < 1.29 is 9.90 Å². The van der Waals surface area contributed by atoms with E-state index >= 15 is 0 Å². The Hall–Kier alpha value is -2.14. The van der Waals surface area contributed by atoms with E-state index in [2.05, 4.69) is 24.3 Å². The lowest BCUT2D eigenvalue weighted by Crippen LogP contribution is -2.29. The van der Waals surface area contributed by atoms with E-state index in [1.54, 1.807) is 0 Å². The van der Waals surface area contributed by atoms with Crippen LogP contribution in [0.15, 0.2) is 24.3 Å². The molecule has 0 saturated heterocycles. The first kappa shape index (κ1) is 18.2. The van der Waals surface area contributed by atoms with Gasteiger partial charge in [-0.3, -0.25) is 9.48 Å². The summed E-state index contributed by atoms with van der Waals surface area (Å²) in [6, 6.07) is 7.87. The molecule has 24 heavy (non-hydrogen) atoms. The molecule has 5 nitrogen and oxygen atoms in total. The van der Waals surface area contributed by atoms with E-state index in [1.807, 2.05) is 49.7 Å². The van der Waals surface area contributed by atoms with Gasteiger partial charge >= 0.3 is 0 Å². The van der Waals surface area contributed by atoms with Crippen LogP contribution >= 0.6 is 0 Å². The Morgan fingerprint density at radius 3 is 2.29 bits per heavy atom. The van der Waals surface area contributed by atoms with Crippen LogP contribution in [0.1, 0.15) is 65.7 Å². The van der Waals surface area contributed by atoms with Crippen LogP contribution in [-0.4, -0.2) is 27.3 Å². The summed E-state index contributed by atoms with van der Waals surface area (Å²) in [6.45, 7) is 10.9. The molecule has 2 N–H and O–H groups in total. The Kier molecular flexibility index (Phi) is 5.78. The predicted octanol–water partition coefficient (Wildman–Crippen LogP) is 3.11. The number of aryl methyl sites for hydroxylation is 2. The standard InChI is InChI=1S/C19H27N3O2/c1-6-22-14(5)18(13(4)21-22)19(24)20-11-17(23)16-9-7-15(8-10-16)12(2)3/h7-10,12,17,23H,6,11H2,1-5H3,(H,20,24). The molecule has 1 amide bonds. The molecule has 0 aliphatic carbocycles. The topological polar surface area (TPSA) is 67.2 Å². The first-order valence-electron chi connectivity index (χ1n) is 8.45. The maximum Gasteiger partial charge on any atom is 0.255 e. The van der Waals surface area contributed by atoms with E-state index in [4.69, 9.17) is 0 Å². The Balaban J connectivity index is 2.02. The van der Waals surface area contributed by atoms with Crippen LogP contribution < -0.4 is 5.32 Å². The van der Waals surface area contributed by atoms with E-state index < -0.39 is 6.10 Å². The number of aliphatic hydroxyl groups excluding tert-OH is 1. The fourth-order valence-corrected chi connectivity index (χ4v) is 2.83. The second-order valence-corrected chi connectivity index (χ2v) is 6.41. The summed E-state index contributed by atoms with van der Waals surface area (Å²) in [5, 5.41) is 17.5. The molecule has 0 spiro atoms. The monoisotopic (exact) mass is 329 g/mol. The van der Waals surface area contributed by atoms with Crippen molar-refractivity contribution in [2.24, 2.45) is 0 Å². The minimum Gasteiger partial charge on any atom is -0.387 e. The first-order chi connectivity index (χ1) is 11.3. The quantitative estimate of drug-likeness (QED) is 0.856. The maximum atomic E-state index is 12.4. The van der Waals surface area contributed by atoms with E-state index in [1.165, 1.54) is 5.56 Å². The van der Waals surface area contributed by atoms with Crippen LogP contribution in [0.4, 0.5) is 0 Å². The van der Waals surface area contributed by atoms with Crippen LogP contribution in [-0.2, 0) is 6.54 Å². The van der Waals surface area contributed by atoms with Crippen molar-refractivity contribution >= 4 is 5.91 Å². The lowest BCUT2D eigenvalue weighted by molar-refractivity contribution is 0.0915. The molecular formula is C19H27N3O2. The fraction of sp³-hybridized carbons (Fsp3) is 0.474. The third-order valence-corrected chi connectivity index (χ3v) is 4.35. The lowest BCUT2D eigenvalue weighted by Gasteiger charge is -2.14. The Bertz CT molecular complexity index is 702. The van der Waals surface area contributed by atoms with Crippen LogP contribution in [0.3, 0.4) is 0 Å². The molecule has 0 aliphatic heterocycles. The predicted molar refractivity (Wildman–Crippen MR) is 95.2 cm³/mol. The average Bonchev–Trinajstić information content (AvgIpc) is 2.86. The van der Waals surface area contributed by atoms with Gasteiger partial charge in [0.15, 0.2) is 0 Å². The molecule has 2 rings (SSSR count). The molecule has 2 aromatic rings. The number of aliphatic hydroxyl groups is 1. The van der Waals surface area contributed by atoms with Gasteiger partial charge in [-0.15, -0.1) is 0 Å². The van der Waals surface area contributed by atoms with E-state index in [-0.39, 0.29) is 12.5 Å². The molecule has 1 aromatic heterocycles. The van der Waals surface area contributed by atoms with Crippen molar-refractivity contribution in [1.29, 1.82) is 0 Å². The number of carbonyl (C=O) groups excluding carboxylic acids is 1. The molecule has 130 valence electrons. The summed E-state index contributed by atoms with van der Waals surface area (Å²) in [5.41, 5.74) is 4.19. The molecule has 1 unspecified atom stereocenters. The summed E-state index contributed by atoms with van der Waals surface area (Å²) in [5.74, 6) is 0.263. The lowest BCUT2D eigenvalue weighted by atomic mass is 10.00. The van der Waals surface area contributed by atoms with Crippen LogP contribution in [0.25, 0.3) is 0 Å². The number of nitrogens with zero attached hydrogens (tertiary/aromatic N) is 2. The Labute approximate surface area is 143 Å². The van der Waals surface area contributed by atoms with Gasteiger partial charge in [-0.05, 0) is 37.8 Å². The van der Waals surface area contributed by atoms with Gasteiger partial charge in [0.25, 0.3) is 5.91 Å². The summed E-state index contributed by atoms with van der Waals surface area (Å²) in [4.78, 5) is 12.4. The number of amides is 1. The normalized spacial score (nSPS) is 12.5. The molecule has 0 saturated carbocycles. The second kappa shape index (κ2) is 7.62. The van der Waals surface area contributed by atoms with Gasteiger partial charge in [-0.2, -0.15) is 5.10 Å². The maximum absolute atomic E-state index is 12.4. The van der Waals surface area contributed by atoms with Gasteiger partial charge in [0.05, 0.1) is 17.4 Å². The van der Waals surface area contributed by atoms with Crippen molar-refractivity contribution in [3.8, 4) is 0 Å². The minimum absolute atomic E-state index is 0.177. The largest absolute Gasteiger partial charge is 0.387 e. The van der Waals surface area contributed by atoms with Gasteiger partial charge in [0, 0.05) is 18.8 Å². The number of hydrogen-bond acceptors (Lipinski definition) is 3. The molecule has 0 bridgehead atoms. The van der Waals surface area contributed by atoms with Crippen molar-refractivity contribution in [2.75, 3.05) is 6.54 Å². The Morgan fingerprint density at radius 1 is 1.21 bits per heavy atom. The third-order valence-electron chi connectivity index (χ3n) is 4.35. The molecular weight excluding hydrogens is 302 g/mol. The van der Waals surface area contributed by atoms with Gasteiger partial charge in [0.2, 0.25) is 0 Å². The summed E-state index contributed by atoms with van der Waals surface area (Å²) < 4.78 is 1.81. The number of carbonyl (C=O) groups is 1. The van der Waals surface area contributed by atoms with E-state index in [0.717, 1.165) is 17.8 Å². The first-order valence-corrected chi connectivity index (χ1v) is 8.45. The van der Waals surface area contributed by atoms with Gasteiger partial charge in [-0.1, -0.05) is 38.1 Å². The highest BCUT2D eigenvalue weighted by Gasteiger charge is 2.19. The zero-order chi connectivity index (χ0) is 17.9. The van der Waals surface area contributed by atoms with Crippen LogP contribution in [0.5, 0.6) is 0 Å². The number of rotatable bonds is 6. The van der Waals surface area contributed by atoms with Crippen LogP contribution in [0, 0.1) is 13.8 Å². The third kappa shape index (κ3) is 3.85. The van der Waals surface area contributed by atoms with Crippen molar-refractivity contribution in [2.45, 2.75) is 53.2 Å². The van der Waals surface area contributed by atoms with E-state index in [9.17, 15) is 9.90 Å². The van der Waals surface area contributed by atoms with Crippen LogP contribution in [0.2, 0.25) is 0 Å². The SMILES string of the molecule is CCn1nc(C)c(C(=O)NCC(O)c2ccc(C(C)C)cc2)c1C. The highest BCUT2D eigenvalue weighted by atomic mass is 16.3. The second-order valence-electron chi connectivity index (χ2n) is 6.41. The number of hydrogen-bond donors (Lipinski definition) is 2. The molecule has 1 heterocycles. The van der Waals surface area contributed by atoms with Gasteiger partial charge in [-0.25, -0.2) is 0 Å². The summed E-state index contributed by atoms with van der Waals surface area (Å²) in [7, 11) is 0. The summed E-state index contributed by atoms with van der Waals surface area (Å²) >= 11 is 0. The highest BCUT2D eigenvalue weighted by Crippen LogP contribution is 2.19. The smallest absolute Gasteiger partial charge is 0.255 e. The van der Waals surface area contributed by atoms with Gasteiger partial charge < -0.3 is 10.4 Å². The van der Waals surface area contributed by atoms with Crippen molar-refractivity contribution in [3.05, 3.63) is 52.3 Å². The number of benzene rings is 1. The average molecular weight is 329 g/mol. The molecule has 5 heteroatoms. The minimum atomic E-state index is -0.725. The molecule has 0 radical (unpaired) electrons.